The standard InChI is InChI=1S/C12H7Cl2N3S/c1-6-15-5-10(18-6)12-16-9-4-7(13)2-3-8(9)11(14)17-12/h2-5H,1H3. The largest absolute Gasteiger partial charge is 0.249 e. The Morgan fingerprint density at radius 1 is 1.17 bits per heavy atom. The molecule has 3 rings (SSSR count). The van der Waals surface area contributed by atoms with Crippen LogP contribution in [-0.2, 0) is 0 Å². The van der Waals surface area contributed by atoms with Gasteiger partial charge in [-0.05, 0) is 25.1 Å². The zero-order valence-electron chi connectivity index (χ0n) is 9.32. The summed E-state index contributed by atoms with van der Waals surface area (Å²) >= 11 is 13.7. The summed E-state index contributed by atoms with van der Waals surface area (Å²) < 4.78 is 0. The molecule has 2 heterocycles. The molecule has 2 aromatic heterocycles. The van der Waals surface area contributed by atoms with Crippen molar-refractivity contribution in [3.05, 3.63) is 39.6 Å². The molecule has 0 unspecified atom stereocenters. The lowest BCUT2D eigenvalue weighted by atomic mass is 10.2. The average Bonchev–Trinajstić information content (AvgIpc) is 2.75. The van der Waals surface area contributed by atoms with Crippen LogP contribution in [-0.4, -0.2) is 15.0 Å². The summed E-state index contributed by atoms with van der Waals surface area (Å²) in [5.74, 6) is 0.584. The summed E-state index contributed by atoms with van der Waals surface area (Å²) in [5.41, 5.74) is 0.739. The van der Waals surface area contributed by atoms with Gasteiger partial charge in [0.1, 0.15) is 5.15 Å². The van der Waals surface area contributed by atoms with E-state index in [4.69, 9.17) is 23.2 Å². The fraction of sp³-hybridized carbons (Fsp3) is 0.0833. The number of fused-ring (bicyclic) bond motifs is 1. The van der Waals surface area contributed by atoms with Gasteiger partial charge in [-0.15, -0.1) is 11.3 Å². The van der Waals surface area contributed by atoms with Gasteiger partial charge in [0.2, 0.25) is 0 Å². The molecule has 0 spiro atoms. The molecule has 0 fully saturated rings. The van der Waals surface area contributed by atoms with Crippen LogP contribution in [0.1, 0.15) is 5.01 Å². The van der Waals surface area contributed by atoms with Crippen molar-refractivity contribution in [1.29, 1.82) is 0 Å². The molecule has 0 saturated heterocycles. The molecular weight excluding hydrogens is 289 g/mol. The highest BCUT2D eigenvalue weighted by molar-refractivity contribution is 7.14. The van der Waals surface area contributed by atoms with E-state index in [1.165, 1.54) is 11.3 Å². The van der Waals surface area contributed by atoms with Crippen molar-refractivity contribution in [2.45, 2.75) is 6.92 Å². The van der Waals surface area contributed by atoms with E-state index < -0.39 is 0 Å². The van der Waals surface area contributed by atoms with Gasteiger partial charge in [-0.25, -0.2) is 15.0 Å². The lowest BCUT2D eigenvalue weighted by Crippen LogP contribution is -1.90. The SMILES string of the molecule is Cc1ncc(-c2nc(Cl)c3ccc(Cl)cc3n2)s1. The molecule has 3 aromatic rings. The summed E-state index contributed by atoms with van der Waals surface area (Å²) in [4.78, 5) is 13.9. The van der Waals surface area contributed by atoms with Crippen molar-refractivity contribution in [2.75, 3.05) is 0 Å². The summed E-state index contributed by atoms with van der Waals surface area (Å²) in [6, 6.07) is 5.37. The van der Waals surface area contributed by atoms with Gasteiger partial charge < -0.3 is 0 Å². The first-order valence-electron chi connectivity index (χ1n) is 5.19. The Morgan fingerprint density at radius 3 is 2.72 bits per heavy atom. The van der Waals surface area contributed by atoms with Gasteiger partial charge in [0.15, 0.2) is 5.82 Å². The minimum Gasteiger partial charge on any atom is -0.249 e. The predicted octanol–water partition coefficient (Wildman–Crippen LogP) is 4.37. The quantitative estimate of drug-likeness (QED) is 0.626. The molecule has 6 heteroatoms. The molecule has 0 aliphatic heterocycles. The van der Waals surface area contributed by atoms with Crippen molar-refractivity contribution in [1.82, 2.24) is 15.0 Å². The van der Waals surface area contributed by atoms with Crippen molar-refractivity contribution in [2.24, 2.45) is 0 Å². The Bertz CT molecular complexity index is 739. The molecule has 0 aliphatic carbocycles. The molecule has 0 N–H and O–H groups in total. The number of hydrogen-bond acceptors (Lipinski definition) is 4. The molecule has 1 aromatic carbocycles. The van der Waals surface area contributed by atoms with E-state index in [9.17, 15) is 0 Å². The zero-order chi connectivity index (χ0) is 12.7. The molecule has 0 amide bonds. The molecule has 0 saturated carbocycles. The fourth-order valence-corrected chi connectivity index (χ4v) is 2.76. The van der Waals surface area contributed by atoms with Crippen LogP contribution >= 0.6 is 34.5 Å². The van der Waals surface area contributed by atoms with Crippen LogP contribution < -0.4 is 0 Å². The van der Waals surface area contributed by atoms with E-state index in [0.717, 1.165) is 20.8 Å². The number of halogens is 2. The van der Waals surface area contributed by atoms with E-state index in [0.29, 0.717) is 16.0 Å². The predicted molar refractivity (Wildman–Crippen MR) is 75.4 cm³/mol. The highest BCUT2D eigenvalue weighted by Gasteiger charge is 2.10. The van der Waals surface area contributed by atoms with Gasteiger partial charge in [0.25, 0.3) is 0 Å². The van der Waals surface area contributed by atoms with E-state index in [1.807, 2.05) is 13.0 Å². The molecule has 0 atom stereocenters. The van der Waals surface area contributed by atoms with Gasteiger partial charge in [0.05, 0.1) is 15.4 Å². The van der Waals surface area contributed by atoms with Crippen LogP contribution in [0.3, 0.4) is 0 Å². The average molecular weight is 296 g/mol. The topological polar surface area (TPSA) is 38.7 Å². The summed E-state index contributed by atoms with van der Waals surface area (Å²) in [7, 11) is 0. The Kier molecular flexibility index (Phi) is 2.93. The van der Waals surface area contributed by atoms with Gasteiger partial charge in [-0.1, -0.05) is 23.2 Å². The van der Waals surface area contributed by atoms with Crippen LogP contribution in [0.25, 0.3) is 21.6 Å². The Morgan fingerprint density at radius 2 is 2.00 bits per heavy atom. The molecule has 0 bridgehead atoms. The Labute approximate surface area is 117 Å². The van der Waals surface area contributed by atoms with E-state index in [1.54, 1.807) is 18.3 Å². The molecule has 0 radical (unpaired) electrons. The number of nitrogens with zero attached hydrogens (tertiary/aromatic N) is 3. The van der Waals surface area contributed by atoms with Crippen molar-refractivity contribution in [3.63, 3.8) is 0 Å². The van der Waals surface area contributed by atoms with Crippen LogP contribution in [0.15, 0.2) is 24.4 Å². The van der Waals surface area contributed by atoms with Gasteiger partial charge >= 0.3 is 0 Å². The molecule has 90 valence electrons. The highest BCUT2D eigenvalue weighted by Crippen LogP contribution is 2.29. The third-order valence-electron chi connectivity index (χ3n) is 2.45. The molecule has 18 heavy (non-hydrogen) atoms. The maximum Gasteiger partial charge on any atom is 0.173 e. The van der Waals surface area contributed by atoms with Crippen LogP contribution in [0.2, 0.25) is 10.2 Å². The molecule has 3 nitrogen and oxygen atoms in total. The number of hydrogen-bond donors (Lipinski definition) is 0. The summed E-state index contributed by atoms with van der Waals surface area (Å²) in [6.45, 7) is 1.94. The third kappa shape index (κ3) is 2.07. The van der Waals surface area contributed by atoms with Crippen LogP contribution in [0.4, 0.5) is 0 Å². The van der Waals surface area contributed by atoms with Crippen molar-refractivity contribution < 1.29 is 0 Å². The maximum absolute atomic E-state index is 6.16. The Hall–Kier alpha value is -1.23. The molecular formula is C12H7Cl2N3S. The highest BCUT2D eigenvalue weighted by atomic mass is 35.5. The minimum atomic E-state index is 0.428. The second kappa shape index (κ2) is 4.46. The maximum atomic E-state index is 6.16. The normalized spacial score (nSPS) is 11.1. The first kappa shape index (κ1) is 11.8. The van der Waals surface area contributed by atoms with Gasteiger partial charge in [0, 0.05) is 16.6 Å². The monoisotopic (exact) mass is 295 g/mol. The zero-order valence-corrected chi connectivity index (χ0v) is 11.6. The smallest absolute Gasteiger partial charge is 0.173 e. The Balaban J connectivity index is 2.26. The summed E-state index contributed by atoms with van der Waals surface area (Å²) in [5, 5.41) is 2.82. The lowest BCUT2D eigenvalue weighted by Gasteiger charge is -2.02. The van der Waals surface area contributed by atoms with E-state index in [2.05, 4.69) is 15.0 Å². The first-order valence-corrected chi connectivity index (χ1v) is 6.76. The lowest BCUT2D eigenvalue weighted by molar-refractivity contribution is 1.23. The third-order valence-corrected chi connectivity index (χ3v) is 3.89. The number of benzene rings is 1. The minimum absolute atomic E-state index is 0.428. The fourth-order valence-electron chi connectivity index (χ4n) is 1.64. The van der Waals surface area contributed by atoms with E-state index in [-0.39, 0.29) is 0 Å². The van der Waals surface area contributed by atoms with Crippen molar-refractivity contribution >= 4 is 45.4 Å². The second-order valence-electron chi connectivity index (χ2n) is 3.74. The number of aryl methyl sites for hydroxylation is 1. The molecule has 0 aliphatic rings. The van der Waals surface area contributed by atoms with Crippen LogP contribution in [0.5, 0.6) is 0 Å². The summed E-state index contributed by atoms with van der Waals surface area (Å²) in [6.07, 6.45) is 1.75. The van der Waals surface area contributed by atoms with Gasteiger partial charge in [-0.2, -0.15) is 0 Å². The number of aromatic nitrogens is 3. The number of thiazole rings is 1. The first-order chi connectivity index (χ1) is 8.63. The number of rotatable bonds is 1. The van der Waals surface area contributed by atoms with E-state index >= 15 is 0 Å². The second-order valence-corrected chi connectivity index (χ2v) is 5.77. The van der Waals surface area contributed by atoms with Crippen LogP contribution in [0, 0.1) is 6.92 Å². The van der Waals surface area contributed by atoms with Crippen molar-refractivity contribution in [3.8, 4) is 10.7 Å². The van der Waals surface area contributed by atoms with Gasteiger partial charge in [-0.3, -0.25) is 0 Å².